The molecule has 0 unspecified atom stereocenters. The summed E-state index contributed by atoms with van der Waals surface area (Å²) in [6.45, 7) is 7.05. The number of nitrogens with zero attached hydrogens (tertiary/aromatic N) is 1. The molecule has 3 N–H and O–H groups in total. The summed E-state index contributed by atoms with van der Waals surface area (Å²) in [4.78, 5) is 26.4. The number of rotatable bonds is 5. The molecular weight excluding hydrogens is 250 g/mol. The Morgan fingerprint density at radius 3 is 2.47 bits per heavy atom. The zero-order valence-corrected chi connectivity index (χ0v) is 11.5. The molecule has 7 nitrogen and oxygen atoms in total. The maximum Gasteiger partial charge on any atom is 0.315 e. The van der Waals surface area contributed by atoms with E-state index < -0.39 is 17.5 Å². The molecule has 0 fully saturated rings. The van der Waals surface area contributed by atoms with Gasteiger partial charge in [-0.15, -0.1) is 0 Å². The van der Waals surface area contributed by atoms with Crippen LogP contribution in [0.4, 0.5) is 4.79 Å². The third-order valence-corrected chi connectivity index (χ3v) is 2.52. The molecule has 7 heteroatoms. The van der Waals surface area contributed by atoms with Crippen molar-refractivity contribution in [1.29, 1.82) is 0 Å². The molecule has 0 saturated heterocycles. The highest BCUT2D eigenvalue weighted by Crippen LogP contribution is 2.09. The summed E-state index contributed by atoms with van der Waals surface area (Å²) < 4.78 is 5.31. The molecule has 0 aliphatic heterocycles. The molecule has 0 aliphatic carbocycles. The van der Waals surface area contributed by atoms with E-state index in [0.29, 0.717) is 11.7 Å². The van der Waals surface area contributed by atoms with Crippen molar-refractivity contribution in [3.8, 4) is 0 Å². The highest BCUT2D eigenvalue weighted by atomic mass is 16.4. The minimum atomic E-state index is -0.968. The van der Waals surface area contributed by atoms with Gasteiger partial charge in [0.15, 0.2) is 0 Å². The lowest BCUT2D eigenvalue weighted by molar-refractivity contribution is -0.138. The molecule has 1 heterocycles. The van der Waals surface area contributed by atoms with E-state index in [2.05, 4.69) is 15.6 Å². The third-order valence-electron chi connectivity index (χ3n) is 2.52. The molecule has 0 saturated carbocycles. The summed E-state index contributed by atoms with van der Waals surface area (Å²) >= 11 is 0. The van der Waals surface area contributed by atoms with Gasteiger partial charge < -0.3 is 20.2 Å². The second-order valence-electron chi connectivity index (χ2n) is 5.01. The Hall–Kier alpha value is -2.05. The lowest BCUT2D eigenvalue weighted by atomic mass is 10.0. The van der Waals surface area contributed by atoms with Crippen LogP contribution < -0.4 is 10.6 Å². The molecule has 106 valence electrons. The molecular formula is C12H19N3O4. The lowest BCUT2D eigenvalue weighted by Crippen LogP contribution is -2.49. The summed E-state index contributed by atoms with van der Waals surface area (Å²) in [5, 5.41) is 13.9. The lowest BCUT2D eigenvalue weighted by Gasteiger charge is -2.24. The topological polar surface area (TPSA) is 104 Å². The minimum absolute atomic E-state index is 0.155. The first-order valence-electron chi connectivity index (χ1n) is 5.90. The highest BCUT2D eigenvalue weighted by Gasteiger charge is 2.23. The first kappa shape index (κ1) is 15.0. The van der Waals surface area contributed by atoms with Crippen LogP contribution in [0.15, 0.2) is 4.42 Å². The Bertz CT molecular complexity index is 460. The number of carbonyl (C=O) groups is 2. The Morgan fingerprint density at radius 1 is 1.37 bits per heavy atom. The van der Waals surface area contributed by atoms with E-state index in [1.165, 1.54) is 0 Å². The quantitative estimate of drug-likeness (QED) is 0.748. The fourth-order valence-electron chi connectivity index (χ4n) is 1.54. The van der Waals surface area contributed by atoms with Crippen molar-refractivity contribution in [2.45, 2.75) is 46.2 Å². The normalized spacial score (nSPS) is 11.2. The highest BCUT2D eigenvalue weighted by molar-refractivity contribution is 5.76. The van der Waals surface area contributed by atoms with Crippen LogP contribution in [0.1, 0.15) is 37.6 Å². The number of aryl methyl sites for hydroxylation is 2. The standard InChI is InChI=1S/C12H19N3O4/c1-7-8(2)19-9(14-7)6-13-11(18)15-12(3,4)5-10(16)17/h5-6H2,1-4H3,(H,16,17)(H2,13,15,18). The van der Waals surface area contributed by atoms with E-state index in [1.54, 1.807) is 20.8 Å². The zero-order valence-electron chi connectivity index (χ0n) is 11.5. The van der Waals surface area contributed by atoms with Crippen LogP contribution in [-0.4, -0.2) is 27.6 Å². The van der Waals surface area contributed by atoms with Crippen LogP contribution >= 0.6 is 0 Å². The second kappa shape index (κ2) is 5.73. The maximum absolute atomic E-state index is 11.6. The number of carboxylic acids is 1. The largest absolute Gasteiger partial charge is 0.481 e. The second-order valence-corrected chi connectivity index (χ2v) is 5.01. The predicted octanol–water partition coefficient (Wildman–Crippen LogP) is 1.34. The van der Waals surface area contributed by atoms with Gasteiger partial charge in [0.25, 0.3) is 0 Å². The van der Waals surface area contributed by atoms with Gasteiger partial charge in [-0.3, -0.25) is 4.79 Å². The van der Waals surface area contributed by atoms with Gasteiger partial charge in [0.05, 0.1) is 18.7 Å². The average Bonchev–Trinajstić information content (AvgIpc) is 2.53. The summed E-state index contributed by atoms with van der Waals surface area (Å²) in [6.07, 6.45) is -0.155. The fourth-order valence-corrected chi connectivity index (χ4v) is 1.54. The van der Waals surface area contributed by atoms with Crippen molar-refractivity contribution in [2.24, 2.45) is 0 Å². The van der Waals surface area contributed by atoms with Gasteiger partial charge in [-0.05, 0) is 27.7 Å². The molecule has 0 atom stereocenters. The van der Waals surface area contributed by atoms with Crippen molar-refractivity contribution in [3.63, 3.8) is 0 Å². The van der Waals surface area contributed by atoms with E-state index in [1.807, 2.05) is 6.92 Å². The SMILES string of the molecule is Cc1nc(CNC(=O)NC(C)(C)CC(=O)O)oc1C. The number of amides is 2. The van der Waals surface area contributed by atoms with Gasteiger partial charge in [-0.25, -0.2) is 9.78 Å². The summed E-state index contributed by atoms with van der Waals surface area (Å²) in [6, 6.07) is -0.459. The van der Waals surface area contributed by atoms with Gasteiger partial charge in [0.2, 0.25) is 5.89 Å². The number of carboxylic acid groups (broad SMARTS) is 1. The molecule has 0 spiro atoms. The first-order chi connectivity index (χ1) is 8.69. The first-order valence-corrected chi connectivity index (χ1v) is 5.90. The number of aromatic nitrogens is 1. The molecule has 0 aliphatic rings. The van der Waals surface area contributed by atoms with Gasteiger partial charge in [0, 0.05) is 5.54 Å². The molecule has 1 aromatic rings. The third kappa shape index (κ3) is 4.99. The van der Waals surface area contributed by atoms with Crippen LogP contribution in [0.2, 0.25) is 0 Å². The van der Waals surface area contributed by atoms with E-state index >= 15 is 0 Å². The van der Waals surface area contributed by atoms with Crippen LogP contribution in [0.25, 0.3) is 0 Å². The van der Waals surface area contributed by atoms with E-state index in [-0.39, 0.29) is 13.0 Å². The van der Waals surface area contributed by atoms with Crippen LogP contribution in [0.5, 0.6) is 0 Å². The van der Waals surface area contributed by atoms with Gasteiger partial charge in [0.1, 0.15) is 5.76 Å². The minimum Gasteiger partial charge on any atom is -0.481 e. The number of hydrogen-bond acceptors (Lipinski definition) is 4. The smallest absolute Gasteiger partial charge is 0.315 e. The molecule has 0 aromatic carbocycles. The predicted molar refractivity (Wildman–Crippen MR) is 67.7 cm³/mol. The fraction of sp³-hybridized carbons (Fsp3) is 0.583. The monoisotopic (exact) mass is 269 g/mol. The summed E-state index contributed by atoms with van der Waals surface area (Å²) in [7, 11) is 0. The summed E-state index contributed by atoms with van der Waals surface area (Å²) in [5.41, 5.74) is -0.0401. The van der Waals surface area contributed by atoms with Crippen molar-refractivity contribution in [2.75, 3.05) is 0 Å². The number of urea groups is 1. The number of oxazole rings is 1. The summed E-state index contributed by atoms with van der Waals surface area (Å²) in [5.74, 6) is 0.161. The molecule has 0 bridgehead atoms. The molecule has 1 aromatic heterocycles. The zero-order chi connectivity index (χ0) is 14.6. The Kier molecular flexibility index (Phi) is 4.52. The number of hydrogen-bond donors (Lipinski definition) is 3. The van der Waals surface area contributed by atoms with Crippen molar-refractivity contribution >= 4 is 12.0 Å². The van der Waals surface area contributed by atoms with Gasteiger partial charge in [-0.1, -0.05) is 0 Å². The number of carbonyl (C=O) groups excluding carboxylic acids is 1. The van der Waals surface area contributed by atoms with Crippen molar-refractivity contribution in [3.05, 3.63) is 17.3 Å². The van der Waals surface area contributed by atoms with E-state index in [0.717, 1.165) is 5.69 Å². The Labute approximate surface area is 111 Å². The van der Waals surface area contributed by atoms with E-state index in [9.17, 15) is 9.59 Å². The molecule has 1 rings (SSSR count). The maximum atomic E-state index is 11.6. The number of aliphatic carboxylic acids is 1. The molecule has 2 amide bonds. The van der Waals surface area contributed by atoms with Crippen LogP contribution in [0.3, 0.4) is 0 Å². The van der Waals surface area contributed by atoms with Gasteiger partial charge >= 0.3 is 12.0 Å². The van der Waals surface area contributed by atoms with Crippen molar-refractivity contribution in [1.82, 2.24) is 15.6 Å². The average molecular weight is 269 g/mol. The Morgan fingerprint density at radius 2 is 2.00 bits per heavy atom. The number of nitrogens with one attached hydrogen (secondary N) is 2. The van der Waals surface area contributed by atoms with E-state index in [4.69, 9.17) is 9.52 Å². The molecule has 0 radical (unpaired) electrons. The molecule has 19 heavy (non-hydrogen) atoms. The van der Waals surface area contributed by atoms with Crippen LogP contribution in [-0.2, 0) is 11.3 Å². The van der Waals surface area contributed by atoms with Crippen LogP contribution in [0, 0.1) is 13.8 Å². The Balaban J connectivity index is 2.45. The van der Waals surface area contributed by atoms with Gasteiger partial charge in [-0.2, -0.15) is 0 Å². The van der Waals surface area contributed by atoms with Crippen molar-refractivity contribution < 1.29 is 19.1 Å².